The molecule has 2 saturated heterocycles. The number of hydrogen-bond donors (Lipinski definition) is 1. The maximum Gasteiger partial charge on any atom is 0.490 e. The minimum Gasteiger partial charge on any atom is -0.475 e. The van der Waals surface area contributed by atoms with E-state index in [-0.39, 0.29) is 17.3 Å². The molecule has 1 unspecified atom stereocenters. The smallest absolute Gasteiger partial charge is 0.475 e. The van der Waals surface area contributed by atoms with Gasteiger partial charge in [0, 0.05) is 37.8 Å². The van der Waals surface area contributed by atoms with Crippen LogP contribution in [0.1, 0.15) is 34.7 Å². The Balaban J connectivity index is 0.000000339. The fourth-order valence-corrected chi connectivity index (χ4v) is 3.76. The molecule has 31 heavy (non-hydrogen) atoms. The molecule has 3 heterocycles. The summed E-state index contributed by atoms with van der Waals surface area (Å²) in [5, 5.41) is 11.0. The molecule has 2 aromatic rings. The first-order valence-electron chi connectivity index (χ1n) is 9.52. The fraction of sp³-hybridized carbons (Fsp3) is 0.450. The van der Waals surface area contributed by atoms with E-state index < -0.39 is 12.1 Å². The van der Waals surface area contributed by atoms with Crippen LogP contribution in [0.3, 0.4) is 0 Å². The number of alkyl halides is 3. The van der Waals surface area contributed by atoms with Crippen LogP contribution in [-0.2, 0) is 11.3 Å². The van der Waals surface area contributed by atoms with Gasteiger partial charge in [-0.25, -0.2) is 9.18 Å². The van der Waals surface area contributed by atoms with Crippen molar-refractivity contribution in [3.8, 4) is 0 Å². The lowest BCUT2D eigenvalue weighted by molar-refractivity contribution is -0.192. The Morgan fingerprint density at radius 2 is 1.81 bits per heavy atom. The third kappa shape index (κ3) is 5.22. The standard InChI is InChI=1S/C18H20FN3O2.C2HF3O2/c1-13-10-16(20-24-13)17(23)21-8-6-18(12-21)7-9-22(18)11-14-2-4-15(19)5-3-14;3-2(4,5)1(6)7/h2-5,10H,6-9,11-12H2,1H3;(H,6,7). The SMILES string of the molecule is Cc1cc(C(=O)N2CCC3(CCN3Cc3ccc(F)cc3)C2)no1.O=C(O)C(F)(F)F. The summed E-state index contributed by atoms with van der Waals surface area (Å²) in [5.74, 6) is -2.38. The number of rotatable bonds is 3. The van der Waals surface area contributed by atoms with Gasteiger partial charge in [0.15, 0.2) is 5.69 Å². The Labute approximate surface area is 175 Å². The minimum absolute atomic E-state index is 0.0580. The summed E-state index contributed by atoms with van der Waals surface area (Å²) >= 11 is 0. The van der Waals surface area contributed by atoms with Crippen LogP contribution in [0.2, 0.25) is 0 Å². The number of likely N-dealkylation sites (tertiary alicyclic amines) is 2. The highest BCUT2D eigenvalue weighted by Crippen LogP contribution is 2.40. The van der Waals surface area contributed by atoms with E-state index in [1.807, 2.05) is 17.0 Å². The third-order valence-corrected chi connectivity index (χ3v) is 5.51. The maximum absolute atomic E-state index is 13.0. The fourth-order valence-electron chi connectivity index (χ4n) is 3.76. The summed E-state index contributed by atoms with van der Waals surface area (Å²) < 4.78 is 49.8. The van der Waals surface area contributed by atoms with E-state index in [1.54, 1.807) is 13.0 Å². The van der Waals surface area contributed by atoms with Gasteiger partial charge in [-0.3, -0.25) is 9.69 Å². The van der Waals surface area contributed by atoms with Crippen LogP contribution in [0.25, 0.3) is 0 Å². The van der Waals surface area contributed by atoms with Gasteiger partial charge in [0.25, 0.3) is 5.91 Å². The maximum atomic E-state index is 13.0. The second-order valence-corrected chi connectivity index (χ2v) is 7.62. The van der Waals surface area contributed by atoms with Gasteiger partial charge in [0.1, 0.15) is 11.6 Å². The van der Waals surface area contributed by atoms with E-state index in [0.29, 0.717) is 11.5 Å². The van der Waals surface area contributed by atoms with Crippen molar-refractivity contribution in [1.82, 2.24) is 15.0 Å². The Hall–Kier alpha value is -2.95. The number of aryl methyl sites for hydroxylation is 1. The lowest BCUT2D eigenvalue weighted by Gasteiger charge is -2.50. The predicted octanol–water partition coefficient (Wildman–Crippen LogP) is 3.25. The Kier molecular flexibility index (Phi) is 6.35. The quantitative estimate of drug-likeness (QED) is 0.733. The van der Waals surface area contributed by atoms with Gasteiger partial charge in [-0.2, -0.15) is 13.2 Å². The second-order valence-electron chi connectivity index (χ2n) is 7.62. The van der Waals surface area contributed by atoms with E-state index in [1.165, 1.54) is 12.1 Å². The van der Waals surface area contributed by atoms with E-state index >= 15 is 0 Å². The van der Waals surface area contributed by atoms with Crippen LogP contribution in [0, 0.1) is 12.7 Å². The zero-order chi connectivity index (χ0) is 22.8. The van der Waals surface area contributed by atoms with Crippen molar-refractivity contribution < 1.29 is 36.8 Å². The highest BCUT2D eigenvalue weighted by atomic mass is 19.4. The largest absolute Gasteiger partial charge is 0.490 e. The average Bonchev–Trinajstić information content (AvgIpc) is 3.34. The summed E-state index contributed by atoms with van der Waals surface area (Å²) in [7, 11) is 0. The molecule has 0 bridgehead atoms. The molecular weight excluding hydrogens is 422 g/mol. The second kappa shape index (κ2) is 8.66. The molecule has 2 aliphatic heterocycles. The lowest BCUT2D eigenvalue weighted by Crippen LogP contribution is -2.60. The van der Waals surface area contributed by atoms with E-state index in [0.717, 1.165) is 44.6 Å². The van der Waals surface area contributed by atoms with Crippen molar-refractivity contribution in [2.45, 2.75) is 38.0 Å². The summed E-state index contributed by atoms with van der Waals surface area (Å²) in [5.41, 5.74) is 1.55. The van der Waals surface area contributed by atoms with Gasteiger partial charge in [-0.1, -0.05) is 17.3 Å². The van der Waals surface area contributed by atoms with Gasteiger partial charge >= 0.3 is 12.1 Å². The molecule has 7 nitrogen and oxygen atoms in total. The molecule has 0 radical (unpaired) electrons. The molecule has 168 valence electrons. The topological polar surface area (TPSA) is 86.9 Å². The molecule has 11 heteroatoms. The van der Waals surface area contributed by atoms with Crippen molar-refractivity contribution in [1.29, 1.82) is 0 Å². The van der Waals surface area contributed by atoms with Crippen molar-refractivity contribution in [3.05, 3.63) is 53.2 Å². The van der Waals surface area contributed by atoms with E-state index in [2.05, 4.69) is 10.1 Å². The molecular formula is C20H21F4N3O4. The molecule has 0 saturated carbocycles. The Morgan fingerprint density at radius 3 is 2.29 bits per heavy atom. The highest BCUT2D eigenvalue weighted by molar-refractivity contribution is 5.92. The first-order chi connectivity index (χ1) is 14.5. The van der Waals surface area contributed by atoms with Gasteiger partial charge in [0.05, 0.1) is 0 Å². The van der Waals surface area contributed by atoms with Crippen LogP contribution in [0.5, 0.6) is 0 Å². The number of benzene rings is 1. The number of halogens is 4. The third-order valence-electron chi connectivity index (χ3n) is 5.51. The molecule has 0 aliphatic carbocycles. The molecule has 1 N–H and O–H groups in total. The number of hydrogen-bond acceptors (Lipinski definition) is 5. The van der Waals surface area contributed by atoms with Gasteiger partial charge in [-0.15, -0.1) is 0 Å². The van der Waals surface area contributed by atoms with E-state index in [4.69, 9.17) is 14.4 Å². The summed E-state index contributed by atoms with van der Waals surface area (Å²) in [4.78, 5) is 25.7. The van der Waals surface area contributed by atoms with Crippen molar-refractivity contribution in [2.75, 3.05) is 19.6 Å². The molecule has 1 spiro atoms. The molecule has 2 aliphatic rings. The number of nitrogens with zero attached hydrogens (tertiary/aromatic N) is 3. The van der Waals surface area contributed by atoms with Crippen molar-refractivity contribution in [2.24, 2.45) is 0 Å². The van der Waals surface area contributed by atoms with Crippen LogP contribution < -0.4 is 0 Å². The number of carbonyl (C=O) groups excluding carboxylic acids is 1. The molecule has 1 aromatic carbocycles. The van der Waals surface area contributed by atoms with Gasteiger partial charge in [0.2, 0.25) is 0 Å². The first kappa shape index (κ1) is 22.7. The molecule has 1 aromatic heterocycles. The molecule has 2 fully saturated rings. The number of amides is 1. The average molecular weight is 443 g/mol. The van der Waals surface area contributed by atoms with Crippen LogP contribution in [-0.4, -0.2) is 63.3 Å². The van der Waals surface area contributed by atoms with E-state index in [9.17, 15) is 22.4 Å². The highest BCUT2D eigenvalue weighted by Gasteiger charge is 2.50. The first-order valence-corrected chi connectivity index (χ1v) is 9.52. The summed E-state index contributed by atoms with van der Waals surface area (Å²) in [6.07, 6.45) is -3.02. The number of aliphatic carboxylic acids is 1. The van der Waals surface area contributed by atoms with Crippen molar-refractivity contribution in [3.63, 3.8) is 0 Å². The predicted molar refractivity (Wildman–Crippen MR) is 99.6 cm³/mol. The van der Waals surface area contributed by atoms with Crippen molar-refractivity contribution >= 4 is 11.9 Å². The summed E-state index contributed by atoms with van der Waals surface area (Å²) in [6.45, 7) is 5.06. The zero-order valence-electron chi connectivity index (χ0n) is 16.7. The van der Waals surface area contributed by atoms with Gasteiger partial charge in [-0.05, 0) is 37.5 Å². The van der Waals surface area contributed by atoms with Gasteiger partial charge < -0.3 is 14.5 Å². The van der Waals surface area contributed by atoms with Crippen LogP contribution in [0.15, 0.2) is 34.9 Å². The Bertz CT molecular complexity index is 945. The zero-order valence-corrected chi connectivity index (χ0v) is 16.7. The monoisotopic (exact) mass is 443 g/mol. The Morgan fingerprint density at radius 1 is 1.19 bits per heavy atom. The van der Waals surface area contributed by atoms with Crippen LogP contribution in [0.4, 0.5) is 17.6 Å². The number of carboxylic acid groups (broad SMARTS) is 1. The molecule has 1 atom stereocenters. The normalized spacial score (nSPS) is 20.9. The molecule has 4 rings (SSSR count). The van der Waals surface area contributed by atoms with Crippen LogP contribution >= 0.6 is 0 Å². The minimum atomic E-state index is -5.08. The lowest BCUT2D eigenvalue weighted by atomic mass is 9.83. The number of carbonyl (C=O) groups is 2. The number of carboxylic acids is 1. The molecule has 1 amide bonds. The number of aromatic nitrogens is 1. The summed E-state index contributed by atoms with van der Waals surface area (Å²) in [6, 6.07) is 8.34.